The Labute approximate surface area is 103 Å². The maximum Gasteiger partial charge on any atom is 0.240 e. The number of nitrogens with two attached hydrogens (primary N) is 1. The van der Waals surface area contributed by atoms with Crippen LogP contribution in [0, 0.1) is 5.41 Å². The molecule has 0 aromatic rings. The Hall–Kier alpha value is -0.280. The maximum absolute atomic E-state index is 11.8. The van der Waals surface area contributed by atoms with Crippen molar-refractivity contribution >= 4 is 18.3 Å². The summed E-state index contributed by atoms with van der Waals surface area (Å²) in [5, 5.41) is 3.15. The molecule has 0 aromatic heterocycles. The number of halogens is 1. The molecule has 3 nitrogen and oxygen atoms in total. The van der Waals surface area contributed by atoms with Crippen LogP contribution in [0.25, 0.3) is 0 Å². The van der Waals surface area contributed by atoms with Crippen molar-refractivity contribution in [2.75, 3.05) is 0 Å². The molecule has 3 aliphatic rings. The summed E-state index contributed by atoms with van der Waals surface area (Å²) in [7, 11) is 0. The molecule has 3 saturated carbocycles. The molecule has 1 atom stereocenters. The van der Waals surface area contributed by atoms with E-state index in [1.165, 1.54) is 38.5 Å². The third-order valence-corrected chi connectivity index (χ3v) is 4.59. The monoisotopic (exact) mass is 244 g/mol. The van der Waals surface area contributed by atoms with Gasteiger partial charge in [0, 0.05) is 6.04 Å². The van der Waals surface area contributed by atoms with Crippen molar-refractivity contribution < 1.29 is 4.79 Å². The molecule has 3 aliphatic carbocycles. The second kappa shape index (κ2) is 3.88. The number of carbonyl (C=O) groups is 1. The van der Waals surface area contributed by atoms with Gasteiger partial charge in [-0.05, 0) is 37.5 Å². The highest BCUT2D eigenvalue weighted by molar-refractivity contribution is 5.89. The van der Waals surface area contributed by atoms with Crippen molar-refractivity contribution in [3.05, 3.63) is 0 Å². The summed E-state index contributed by atoms with van der Waals surface area (Å²) < 4.78 is 0. The number of nitrogens with one attached hydrogen (secondary N) is 1. The van der Waals surface area contributed by atoms with E-state index in [1.807, 2.05) is 0 Å². The fourth-order valence-electron chi connectivity index (χ4n) is 3.02. The minimum absolute atomic E-state index is 0. The fraction of sp³-hybridized carbons (Fsp3) is 0.917. The summed E-state index contributed by atoms with van der Waals surface area (Å²) in [5.41, 5.74) is 5.87. The third kappa shape index (κ3) is 1.95. The van der Waals surface area contributed by atoms with Crippen molar-refractivity contribution in [3.63, 3.8) is 0 Å². The van der Waals surface area contributed by atoms with E-state index in [2.05, 4.69) is 5.32 Å². The van der Waals surface area contributed by atoms with Gasteiger partial charge >= 0.3 is 0 Å². The first kappa shape index (κ1) is 12.2. The average Bonchev–Trinajstić information content (AvgIpc) is 3.10. The van der Waals surface area contributed by atoms with Gasteiger partial charge in [-0.15, -0.1) is 12.4 Å². The van der Waals surface area contributed by atoms with Crippen molar-refractivity contribution in [1.29, 1.82) is 0 Å². The number of carbonyl (C=O) groups excluding carboxylic acids is 1. The van der Waals surface area contributed by atoms with E-state index in [9.17, 15) is 4.79 Å². The lowest BCUT2D eigenvalue weighted by Crippen LogP contribution is -2.44. The molecule has 3 rings (SSSR count). The van der Waals surface area contributed by atoms with Gasteiger partial charge in [0.25, 0.3) is 0 Å². The molecular weight excluding hydrogens is 224 g/mol. The summed E-state index contributed by atoms with van der Waals surface area (Å²) in [4.78, 5) is 11.8. The number of hydrogen-bond donors (Lipinski definition) is 2. The van der Waals surface area contributed by atoms with E-state index in [0.29, 0.717) is 11.5 Å². The molecule has 3 N–H and O–H groups in total. The van der Waals surface area contributed by atoms with Crippen LogP contribution in [0.2, 0.25) is 0 Å². The van der Waals surface area contributed by atoms with Gasteiger partial charge in [-0.1, -0.05) is 19.3 Å². The van der Waals surface area contributed by atoms with Crippen molar-refractivity contribution in [2.45, 2.75) is 62.9 Å². The zero-order valence-electron chi connectivity index (χ0n) is 9.63. The maximum atomic E-state index is 11.8. The van der Waals surface area contributed by atoms with Gasteiger partial charge in [0.15, 0.2) is 0 Å². The van der Waals surface area contributed by atoms with Gasteiger partial charge in [0.2, 0.25) is 5.91 Å². The Morgan fingerprint density at radius 2 is 1.75 bits per heavy atom. The molecule has 0 saturated heterocycles. The standard InChI is InChI=1S/C12H20N2O.ClH/c13-12(6-7-12)10(15)14-9-8-11(9)4-2-1-3-5-11;/h9H,1-8,13H2,(H,14,15);1H. The smallest absolute Gasteiger partial charge is 0.240 e. The van der Waals surface area contributed by atoms with Crippen LogP contribution in [-0.2, 0) is 4.79 Å². The third-order valence-electron chi connectivity index (χ3n) is 4.59. The second-order valence-electron chi connectivity index (χ2n) is 5.81. The van der Waals surface area contributed by atoms with E-state index < -0.39 is 5.54 Å². The highest BCUT2D eigenvalue weighted by atomic mass is 35.5. The molecule has 4 heteroatoms. The minimum Gasteiger partial charge on any atom is -0.351 e. The lowest BCUT2D eigenvalue weighted by molar-refractivity contribution is -0.123. The summed E-state index contributed by atoms with van der Waals surface area (Å²) in [6, 6.07) is 0.450. The molecule has 0 aromatic carbocycles. The van der Waals surface area contributed by atoms with Gasteiger partial charge in [0.1, 0.15) is 0 Å². The van der Waals surface area contributed by atoms with Crippen LogP contribution in [0.1, 0.15) is 51.4 Å². The van der Waals surface area contributed by atoms with E-state index in [1.54, 1.807) is 0 Å². The normalized spacial score (nSPS) is 32.7. The molecule has 1 spiro atoms. The van der Waals surface area contributed by atoms with Crippen molar-refractivity contribution in [2.24, 2.45) is 11.1 Å². The van der Waals surface area contributed by atoms with E-state index >= 15 is 0 Å². The van der Waals surface area contributed by atoms with Crippen molar-refractivity contribution in [1.82, 2.24) is 5.32 Å². The lowest BCUT2D eigenvalue weighted by Gasteiger charge is -2.23. The summed E-state index contributed by atoms with van der Waals surface area (Å²) in [6.45, 7) is 0. The molecule has 0 aliphatic heterocycles. The fourth-order valence-corrected chi connectivity index (χ4v) is 3.02. The Balaban J connectivity index is 0.000000963. The van der Waals surface area contributed by atoms with Gasteiger partial charge in [-0.3, -0.25) is 4.79 Å². The molecule has 16 heavy (non-hydrogen) atoms. The minimum atomic E-state index is -0.488. The van der Waals surface area contributed by atoms with Crippen LogP contribution < -0.4 is 11.1 Å². The average molecular weight is 245 g/mol. The highest BCUT2D eigenvalue weighted by Crippen LogP contribution is 2.56. The van der Waals surface area contributed by atoms with Crippen molar-refractivity contribution in [3.8, 4) is 0 Å². The number of rotatable bonds is 2. The van der Waals surface area contributed by atoms with E-state index in [-0.39, 0.29) is 18.3 Å². The van der Waals surface area contributed by atoms with Crippen LogP contribution >= 0.6 is 12.4 Å². The predicted molar refractivity (Wildman–Crippen MR) is 65.5 cm³/mol. The van der Waals surface area contributed by atoms with Crippen LogP contribution in [0.5, 0.6) is 0 Å². The first-order valence-corrected chi connectivity index (χ1v) is 6.25. The quantitative estimate of drug-likeness (QED) is 0.778. The van der Waals surface area contributed by atoms with Gasteiger partial charge in [-0.25, -0.2) is 0 Å². The summed E-state index contributed by atoms with van der Waals surface area (Å²) >= 11 is 0. The molecule has 92 valence electrons. The molecule has 0 heterocycles. The Morgan fingerprint density at radius 1 is 1.12 bits per heavy atom. The second-order valence-corrected chi connectivity index (χ2v) is 5.81. The Bertz CT molecular complexity index is 295. The first-order valence-electron chi connectivity index (χ1n) is 6.25. The molecule has 3 fully saturated rings. The molecular formula is C12H21ClN2O. The Morgan fingerprint density at radius 3 is 2.31 bits per heavy atom. The van der Waals surface area contributed by atoms with Gasteiger partial charge < -0.3 is 11.1 Å². The molecule has 0 bridgehead atoms. The topological polar surface area (TPSA) is 55.1 Å². The predicted octanol–water partition coefficient (Wildman–Crippen LogP) is 1.74. The van der Waals surface area contributed by atoms with Crippen LogP contribution in [-0.4, -0.2) is 17.5 Å². The zero-order valence-corrected chi connectivity index (χ0v) is 10.4. The van der Waals surface area contributed by atoms with Crippen LogP contribution in [0.4, 0.5) is 0 Å². The molecule has 0 radical (unpaired) electrons. The highest BCUT2D eigenvalue weighted by Gasteiger charge is 2.56. The van der Waals surface area contributed by atoms with E-state index in [0.717, 1.165) is 12.8 Å². The van der Waals surface area contributed by atoms with Gasteiger partial charge in [0.05, 0.1) is 5.54 Å². The first-order chi connectivity index (χ1) is 7.15. The zero-order chi connectivity index (χ0) is 10.5. The number of amides is 1. The summed E-state index contributed by atoms with van der Waals surface area (Å²) in [6.07, 6.45) is 9.65. The van der Waals surface area contributed by atoms with Gasteiger partial charge in [-0.2, -0.15) is 0 Å². The molecule has 1 unspecified atom stereocenters. The number of hydrogen-bond acceptors (Lipinski definition) is 2. The van der Waals surface area contributed by atoms with E-state index in [4.69, 9.17) is 5.73 Å². The SMILES string of the molecule is Cl.NC1(C(=O)NC2CC23CCCCC3)CC1. The molecule has 1 amide bonds. The van der Waals surface area contributed by atoms with Crippen LogP contribution in [0.15, 0.2) is 0 Å². The summed E-state index contributed by atoms with van der Waals surface area (Å²) in [5.74, 6) is 0.106. The van der Waals surface area contributed by atoms with Crippen LogP contribution in [0.3, 0.4) is 0 Å². The largest absolute Gasteiger partial charge is 0.351 e. The Kier molecular flexibility index (Phi) is 2.96. The lowest BCUT2D eigenvalue weighted by atomic mass is 9.86.